The summed E-state index contributed by atoms with van der Waals surface area (Å²) in [7, 11) is 2.91. The molecule has 8 nitrogen and oxygen atoms in total. The summed E-state index contributed by atoms with van der Waals surface area (Å²) in [5.41, 5.74) is -1.03. The van der Waals surface area contributed by atoms with Crippen LogP contribution in [-0.2, 0) is 15.1 Å². The second kappa shape index (κ2) is 5.55. The molecule has 2 N–H and O–H groups in total. The number of amides is 3. The van der Waals surface area contributed by atoms with Crippen molar-refractivity contribution in [2.45, 2.75) is 12.5 Å². The fraction of sp³-hybridized carbons (Fsp3) is 0.357. The van der Waals surface area contributed by atoms with Gasteiger partial charge in [0.05, 0.1) is 14.2 Å². The molecule has 1 aliphatic rings. The van der Waals surface area contributed by atoms with E-state index in [1.165, 1.54) is 21.1 Å². The number of carboxylic acids is 1. The highest BCUT2D eigenvalue weighted by Gasteiger charge is 2.51. The van der Waals surface area contributed by atoms with Crippen LogP contribution in [0.3, 0.4) is 0 Å². The predicted molar refractivity (Wildman–Crippen MR) is 74.8 cm³/mol. The van der Waals surface area contributed by atoms with E-state index in [-0.39, 0.29) is 0 Å². The van der Waals surface area contributed by atoms with Gasteiger partial charge < -0.3 is 19.9 Å². The van der Waals surface area contributed by atoms with Gasteiger partial charge in [0.1, 0.15) is 23.6 Å². The maximum atomic E-state index is 12.5. The van der Waals surface area contributed by atoms with Crippen molar-refractivity contribution in [3.8, 4) is 11.5 Å². The molecular formula is C14H16N2O6. The summed E-state index contributed by atoms with van der Waals surface area (Å²) >= 11 is 0. The lowest BCUT2D eigenvalue weighted by atomic mass is 9.91. The summed E-state index contributed by atoms with van der Waals surface area (Å²) in [4.78, 5) is 35.9. The number of nitrogens with zero attached hydrogens (tertiary/aromatic N) is 1. The Labute approximate surface area is 126 Å². The molecule has 0 aliphatic carbocycles. The molecular weight excluding hydrogens is 292 g/mol. The fourth-order valence-electron chi connectivity index (χ4n) is 2.36. The number of carbonyl (C=O) groups excluding carboxylic acids is 2. The van der Waals surface area contributed by atoms with E-state index in [0.717, 1.165) is 0 Å². The normalized spacial score (nSPS) is 20.8. The zero-order valence-corrected chi connectivity index (χ0v) is 12.4. The molecule has 0 bridgehead atoms. The van der Waals surface area contributed by atoms with E-state index in [1.807, 2.05) is 0 Å². The third-order valence-electron chi connectivity index (χ3n) is 3.51. The van der Waals surface area contributed by atoms with E-state index in [9.17, 15) is 14.4 Å². The van der Waals surface area contributed by atoms with Gasteiger partial charge in [-0.1, -0.05) is 0 Å². The first kappa shape index (κ1) is 15.6. The zero-order chi connectivity index (χ0) is 16.5. The number of nitrogens with one attached hydrogen (secondary N) is 1. The summed E-state index contributed by atoms with van der Waals surface area (Å²) < 4.78 is 10.4. The first-order chi connectivity index (χ1) is 10.3. The van der Waals surface area contributed by atoms with Crippen LogP contribution in [0.25, 0.3) is 0 Å². The number of benzene rings is 1. The lowest BCUT2D eigenvalue weighted by Gasteiger charge is -2.24. The predicted octanol–water partition coefficient (Wildman–Crippen LogP) is 0.555. The molecule has 0 radical (unpaired) electrons. The van der Waals surface area contributed by atoms with Crippen molar-refractivity contribution in [3.63, 3.8) is 0 Å². The van der Waals surface area contributed by atoms with E-state index >= 15 is 0 Å². The highest BCUT2D eigenvalue weighted by molar-refractivity contribution is 6.09. The first-order valence-electron chi connectivity index (χ1n) is 6.42. The van der Waals surface area contributed by atoms with Gasteiger partial charge in [-0.2, -0.15) is 0 Å². The monoisotopic (exact) mass is 308 g/mol. The molecule has 1 unspecified atom stereocenters. The van der Waals surface area contributed by atoms with Crippen molar-refractivity contribution in [2.75, 3.05) is 20.8 Å². The summed E-state index contributed by atoms with van der Waals surface area (Å²) in [6, 6.07) is 4.07. The van der Waals surface area contributed by atoms with E-state index in [4.69, 9.17) is 14.6 Å². The maximum absolute atomic E-state index is 12.5. The number of hydrogen-bond acceptors (Lipinski definition) is 5. The Bertz CT molecular complexity index is 644. The van der Waals surface area contributed by atoms with Crippen LogP contribution in [0.4, 0.5) is 4.79 Å². The molecule has 0 aromatic heterocycles. The fourth-order valence-corrected chi connectivity index (χ4v) is 2.36. The minimum atomic E-state index is -1.42. The van der Waals surface area contributed by atoms with Gasteiger partial charge >= 0.3 is 12.0 Å². The third-order valence-corrected chi connectivity index (χ3v) is 3.51. The molecule has 22 heavy (non-hydrogen) atoms. The van der Waals surface area contributed by atoms with Gasteiger partial charge in [0.2, 0.25) is 0 Å². The van der Waals surface area contributed by atoms with Gasteiger partial charge in [-0.15, -0.1) is 0 Å². The number of hydrogen-bond donors (Lipinski definition) is 2. The van der Waals surface area contributed by atoms with Crippen LogP contribution in [0, 0.1) is 0 Å². The topological polar surface area (TPSA) is 105 Å². The molecule has 2 rings (SSSR count). The van der Waals surface area contributed by atoms with Crippen LogP contribution < -0.4 is 14.8 Å². The van der Waals surface area contributed by atoms with Crippen molar-refractivity contribution >= 4 is 17.9 Å². The Morgan fingerprint density at radius 3 is 2.55 bits per heavy atom. The quantitative estimate of drug-likeness (QED) is 0.770. The highest BCUT2D eigenvalue weighted by Crippen LogP contribution is 2.37. The number of imide groups is 1. The molecule has 1 aliphatic heterocycles. The Hall–Kier alpha value is -2.77. The van der Waals surface area contributed by atoms with Crippen molar-refractivity contribution < 1.29 is 29.0 Å². The zero-order valence-electron chi connectivity index (χ0n) is 12.4. The number of methoxy groups -OCH3 is 2. The van der Waals surface area contributed by atoms with Crippen LogP contribution >= 0.6 is 0 Å². The molecule has 0 saturated carbocycles. The van der Waals surface area contributed by atoms with Crippen molar-refractivity contribution in [1.82, 2.24) is 10.2 Å². The largest absolute Gasteiger partial charge is 0.497 e. The van der Waals surface area contributed by atoms with E-state index in [0.29, 0.717) is 22.0 Å². The van der Waals surface area contributed by atoms with Crippen molar-refractivity contribution in [1.29, 1.82) is 0 Å². The SMILES string of the molecule is COc1ccc(OC)c(C2(C)NC(=O)N(CC(=O)O)C2=O)c1. The molecule has 1 aromatic rings. The Morgan fingerprint density at radius 2 is 2.00 bits per heavy atom. The molecule has 1 aromatic carbocycles. The highest BCUT2D eigenvalue weighted by atomic mass is 16.5. The van der Waals surface area contributed by atoms with Crippen molar-refractivity contribution in [3.05, 3.63) is 23.8 Å². The van der Waals surface area contributed by atoms with E-state index < -0.39 is 30.0 Å². The van der Waals surface area contributed by atoms with Crippen LogP contribution in [0.1, 0.15) is 12.5 Å². The minimum Gasteiger partial charge on any atom is -0.497 e. The number of carboxylic acid groups (broad SMARTS) is 1. The van der Waals surface area contributed by atoms with E-state index in [2.05, 4.69) is 5.32 Å². The van der Waals surface area contributed by atoms with Gasteiger partial charge in [0.25, 0.3) is 5.91 Å². The van der Waals surface area contributed by atoms with Crippen LogP contribution in [-0.4, -0.2) is 48.7 Å². The van der Waals surface area contributed by atoms with Crippen molar-refractivity contribution in [2.24, 2.45) is 0 Å². The molecule has 1 saturated heterocycles. The third kappa shape index (κ3) is 2.43. The summed E-state index contributed by atoms with van der Waals surface area (Å²) in [6.45, 7) is 0.791. The first-order valence-corrected chi connectivity index (χ1v) is 6.42. The lowest BCUT2D eigenvalue weighted by Crippen LogP contribution is -2.41. The van der Waals surface area contributed by atoms with Gasteiger partial charge in [-0.05, 0) is 25.1 Å². The Kier molecular flexibility index (Phi) is 3.94. The van der Waals surface area contributed by atoms with E-state index in [1.54, 1.807) is 18.2 Å². The van der Waals surface area contributed by atoms with Gasteiger partial charge in [-0.25, -0.2) is 4.79 Å². The van der Waals surface area contributed by atoms with Crippen LogP contribution in [0.15, 0.2) is 18.2 Å². The summed E-state index contributed by atoms with van der Waals surface area (Å²) in [5, 5.41) is 11.3. The minimum absolute atomic E-state index is 0.383. The molecule has 1 atom stereocenters. The maximum Gasteiger partial charge on any atom is 0.325 e. The Balaban J connectivity index is 2.49. The average Bonchev–Trinajstić information content (AvgIpc) is 2.70. The van der Waals surface area contributed by atoms with Crippen LogP contribution in [0.5, 0.6) is 11.5 Å². The molecule has 118 valence electrons. The smallest absolute Gasteiger partial charge is 0.325 e. The summed E-state index contributed by atoms with van der Waals surface area (Å²) in [6.07, 6.45) is 0. The average molecular weight is 308 g/mol. The number of urea groups is 1. The number of carbonyl (C=O) groups is 3. The molecule has 3 amide bonds. The van der Waals surface area contributed by atoms with Gasteiger partial charge in [-0.3, -0.25) is 14.5 Å². The molecule has 1 fully saturated rings. The molecule has 0 spiro atoms. The second-order valence-electron chi connectivity index (χ2n) is 4.91. The standard InChI is InChI=1S/C14H16N2O6/c1-14(9-6-8(21-2)4-5-10(9)22-3)12(19)16(7-11(17)18)13(20)15-14/h4-6H,7H2,1-3H3,(H,15,20)(H,17,18). The van der Waals surface area contributed by atoms with Crippen LogP contribution in [0.2, 0.25) is 0 Å². The second-order valence-corrected chi connectivity index (χ2v) is 4.91. The van der Waals surface area contributed by atoms with Gasteiger partial charge in [0.15, 0.2) is 0 Å². The lowest BCUT2D eigenvalue weighted by molar-refractivity contribution is -0.142. The van der Waals surface area contributed by atoms with Gasteiger partial charge in [0, 0.05) is 5.56 Å². The number of rotatable bonds is 5. The number of ether oxygens (including phenoxy) is 2. The Morgan fingerprint density at radius 1 is 1.32 bits per heavy atom. The molecule has 8 heteroatoms. The summed E-state index contributed by atoms with van der Waals surface area (Å²) in [5.74, 6) is -1.07. The molecule has 1 heterocycles. The number of aliphatic carboxylic acids is 1.